The first-order valence-electron chi connectivity index (χ1n) is 6.09. The SMILES string of the molecule is Cc1nc(-c2ccc(NS(=O)(=O)c3cn[nH]c3)cc2)cs1. The minimum absolute atomic E-state index is 0.0988. The van der Waals surface area contributed by atoms with Crippen molar-refractivity contribution in [1.29, 1.82) is 0 Å². The largest absolute Gasteiger partial charge is 0.284 e. The third-order valence-electron chi connectivity index (χ3n) is 2.84. The van der Waals surface area contributed by atoms with E-state index < -0.39 is 10.0 Å². The van der Waals surface area contributed by atoms with Gasteiger partial charge in [0.1, 0.15) is 4.90 Å². The van der Waals surface area contributed by atoms with Crippen molar-refractivity contribution in [3.8, 4) is 11.3 Å². The van der Waals surface area contributed by atoms with Gasteiger partial charge < -0.3 is 0 Å². The van der Waals surface area contributed by atoms with Crippen molar-refractivity contribution < 1.29 is 8.42 Å². The summed E-state index contributed by atoms with van der Waals surface area (Å²) >= 11 is 1.58. The molecule has 0 aliphatic rings. The molecule has 0 saturated heterocycles. The number of nitrogens with one attached hydrogen (secondary N) is 2. The monoisotopic (exact) mass is 320 g/mol. The van der Waals surface area contributed by atoms with Gasteiger partial charge in [-0.2, -0.15) is 5.10 Å². The van der Waals surface area contributed by atoms with Crippen molar-refractivity contribution in [2.75, 3.05) is 4.72 Å². The maximum Gasteiger partial charge on any atom is 0.265 e. The highest BCUT2D eigenvalue weighted by Gasteiger charge is 2.15. The van der Waals surface area contributed by atoms with Crippen LogP contribution in [0.2, 0.25) is 0 Å². The van der Waals surface area contributed by atoms with Crippen LogP contribution in [0.1, 0.15) is 5.01 Å². The number of hydrogen-bond acceptors (Lipinski definition) is 5. The van der Waals surface area contributed by atoms with E-state index in [0.717, 1.165) is 16.3 Å². The first-order valence-corrected chi connectivity index (χ1v) is 8.45. The zero-order chi connectivity index (χ0) is 14.9. The highest BCUT2D eigenvalue weighted by molar-refractivity contribution is 7.92. The van der Waals surface area contributed by atoms with Gasteiger partial charge in [-0.1, -0.05) is 12.1 Å². The first kappa shape index (κ1) is 13.8. The number of nitrogens with zero attached hydrogens (tertiary/aromatic N) is 2. The molecule has 0 radical (unpaired) electrons. The third kappa shape index (κ3) is 2.96. The fourth-order valence-corrected chi connectivity index (χ4v) is 3.39. The summed E-state index contributed by atoms with van der Waals surface area (Å²) in [5.41, 5.74) is 2.33. The van der Waals surface area contributed by atoms with E-state index in [1.165, 1.54) is 12.4 Å². The lowest BCUT2D eigenvalue weighted by atomic mass is 10.1. The number of sulfonamides is 1. The van der Waals surface area contributed by atoms with Crippen LogP contribution < -0.4 is 4.72 Å². The molecule has 0 aliphatic heterocycles. The van der Waals surface area contributed by atoms with Gasteiger partial charge in [0.2, 0.25) is 0 Å². The van der Waals surface area contributed by atoms with Crippen LogP contribution in [-0.4, -0.2) is 23.6 Å². The van der Waals surface area contributed by atoms with E-state index >= 15 is 0 Å². The molecule has 0 amide bonds. The van der Waals surface area contributed by atoms with Crippen LogP contribution in [0.5, 0.6) is 0 Å². The van der Waals surface area contributed by atoms with E-state index in [1.54, 1.807) is 23.5 Å². The zero-order valence-electron chi connectivity index (χ0n) is 11.1. The van der Waals surface area contributed by atoms with Crippen LogP contribution in [-0.2, 0) is 10.0 Å². The second kappa shape index (κ2) is 5.30. The van der Waals surface area contributed by atoms with Crippen molar-refractivity contribution in [2.45, 2.75) is 11.8 Å². The Morgan fingerprint density at radius 1 is 1.24 bits per heavy atom. The minimum atomic E-state index is -3.60. The summed E-state index contributed by atoms with van der Waals surface area (Å²) in [5, 5.41) is 9.08. The predicted octanol–water partition coefficient (Wildman–Crippen LogP) is 2.64. The summed E-state index contributed by atoms with van der Waals surface area (Å²) < 4.78 is 26.6. The topological polar surface area (TPSA) is 87.7 Å². The summed E-state index contributed by atoms with van der Waals surface area (Å²) in [6.07, 6.45) is 2.59. The lowest BCUT2D eigenvalue weighted by molar-refractivity contribution is 0.601. The number of rotatable bonds is 4. The Morgan fingerprint density at radius 3 is 2.57 bits per heavy atom. The van der Waals surface area contributed by atoms with Crippen molar-refractivity contribution in [1.82, 2.24) is 15.2 Å². The van der Waals surface area contributed by atoms with Gasteiger partial charge in [-0.15, -0.1) is 11.3 Å². The van der Waals surface area contributed by atoms with Crippen molar-refractivity contribution >= 4 is 27.0 Å². The molecule has 3 rings (SSSR count). The maximum atomic E-state index is 12.0. The van der Waals surface area contributed by atoms with Crippen molar-refractivity contribution in [3.05, 3.63) is 47.0 Å². The van der Waals surface area contributed by atoms with Gasteiger partial charge in [-0.3, -0.25) is 9.82 Å². The van der Waals surface area contributed by atoms with Gasteiger partial charge >= 0.3 is 0 Å². The molecule has 6 nitrogen and oxygen atoms in total. The molecule has 2 N–H and O–H groups in total. The van der Waals surface area contributed by atoms with Crippen LogP contribution in [0.3, 0.4) is 0 Å². The van der Waals surface area contributed by atoms with Crippen LogP contribution in [0, 0.1) is 6.92 Å². The van der Waals surface area contributed by atoms with Gasteiger partial charge in [-0.05, 0) is 19.1 Å². The van der Waals surface area contributed by atoms with E-state index in [4.69, 9.17) is 0 Å². The molecule has 0 atom stereocenters. The molecular formula is C13H12N4O2S2. The zero-order valence-corrected chi connectivity index (χ0v) is 12.7. The number of anilines is 1. The molecule has 3 aromatic rings. The normalized spacial score (nSPS) is 11.5. The Bertz CT molecular complexity index is 837. The van der Waals surface area contributed by atoms with Gasteiger partial charge in [0.15, 0.2) is 0 Å². The smallest absolute Gasteiger partial charge is 0.265 e. The highest BCUT2D eigenvalue weighted by Crippen LogP contribution is 2.24. The lowest BCUT2D eigenvalue weighted by Gasteiger charge is -2.06. The average molecular weight is 320 g/mol. The molecule has 21 heavy (non-hydrogen) atoms. The van der Waals surface area contributed by atoms with Crippen LogP contribution in [0.15, 0.2) is 46.9 Å². The Kier molecular flexibility index (Phi) is 3.48. The first-order chi connectivity index (χ1) is 10.0. The lowest BCUT2D eigenvalue weighted by Crippen LogP contribution is -2.12. The second-order valence-corrected chi connectivity index (χ2v) is 7.11. The van der Waals surface area contributed by atoms with E-state index in [2.05, 4.69) is 19.9 Å². The number of benzene rings is 1. The summed E-state index contributed by atoms with van der Waals surface area (Å²) in [6.45, 7) is 1.95. The van der Waals surface area contributed by atoms with E-state index in [0.29, 0.717) is 5.69 Å². The third-order valence-corrected chi connectivity index (χ3v) is 4.96. The molecule has 2 aromatic heterocycles. The fraction of sp³-hybridized carbons (Fsp3) is 0.0769. The molecule has 8 heteroatoms. The highest BCUT2D eigenvalue weighted by atomic mass is 32.2. The Morgan fingerprint density at radius 2 is 2.00 bits per heavy atom. The summed E-state index contributed by atoms with van der Waals surface area (Å²) in [5.74, 6) is 0. The van der Waals surface area contributed by atoms with Gasteiger partial charge in [0.05, 0.1) is 16.9 Å². The van der Waals surface area contributed by atoms with E-state index in [-0.39, 0.29) is 4.90 Å². The fourth-order valence-electron chi connectivity index (χ4n) is 1.81. The maximum absolute atomic E-state index is 12.0. The van der Waals surface area contributed by atoms with Gasteiger partial charge in [0, 0.05) is 22.8 Å². The molecule has 1 aromatic carbocycles. The number of aryl methyl sites for hydroxylation is 1. The van der Waals surface area contributed by atoms with E-state index in [1.807, 2.05) is 24.4 Å². The molecule has 0 saturated carbocycles. The summed E-state index contributed by atoms with van der Waals surface area (Å²) in [7, 11) is -3.60. The molecule has 0 bridgehead atoms. The van der Waals surface area contributed by atoms with Crippen molar-refractivity contribution in [3.63, 3.8) is 0 Å². The number of thiazole rings is 1. The summed E-state index contributed by atoms with van der Waals surface area (Å²) in [6, 6.07) is 7.09. The minimum Gasteiger partial charge on any atom is -0.284 e. The second-order valence-electron chi connectivity index (χ2n) is 4.37. The molecule has 0 aliphatic carbocycles. The Balaban J connectivity index is 1.82. The molecule has 0 spiro atoms. The number of aromatic nitrogens is 3. The average Bonchev–Trinajstić information content (AvgIpc) is 3.10. The molecule has 108 valence electrons. The van der Waals surface area contributed by atoms with Crippen LogP contribution >= 0.6 is 11.3 Å². The van der Waals surface area contributed by atoms with Crippen LogP contribution in [0.25, 0.3) is 11.3 Å². The number of hydrogen-bond donors (Lipinski definition) is 2. The van der Waals surface area contributed by atoms with Crippen LogP contribution in [0.4, 0.5) is 5.69 Å². The molecule has 0 fully saturated rings. The van der Waals surface area contributed by atoms with Gasteiger partial charge in [-0.25, -0.2) is 13.4 Å². The summed E-state index contributed by atoms with van der Waals surface area (Å²) in [4.78, 5) is 4.49. The van der Waals surface area contributed by atoms with Gasteiger partial charge in [0.25, 0.3) is 10.0 Å². The number of aromatic amines is 1. The molecule has 0 unspecified atom stereocenters. The molecular weight excluding hydrogens is 308 g/mol. The molecule has 2 heterocycles. The standard InChI is InChI=1S/C13H12N4O2S2/c1-9-16-13(8-20-9)10-2-4-11(5-3-10)17-21(18,19)12-6-14-15-7-12/h2-8,17H,1H3,(H,14,15). The number of H-pyrrole nitrogens is 1. The quantitative estimate of drug-likeness (QED) is 0.773. The Hall–Kier alpha value is -2.19. The van der Waals surface area contributed by atoms with Crippen molar-refractivity contribution in [2.24, 2.45) is 0 Å². The Labute approximate surface area is 125 Å². The van der Waals surface area contributed by atoms with E-state index in [9.17, 15) is 8.42 Å². The predicted molar refractivity (Wildman–Crippen MR) is 81.7 cm³/mol.